The van der Waals surface area contributed by atoms with Gasteiger partial charge in [0, 0.05) is 16.7 Å². The lowest BCUT2D eigenvalue weighted by Gasteiger charge is -2.12. The van der Waals surface area contributed by atoms with Gasteiger partial charge in [-0.25, -0.2) is 13.6 Å². The molecule has 23 heavy (non-hydrogen) atoms. The molecular formula is C16H13ClF2O4. The Labute approximate surface area is 136 Å². The number of rotatable bonds is 5. The Balaban J connectivity index is 2.21. The van der Waals surface area contributed by atoms with Crippen LogP contribution in [0.2, 0.25) is 5.02 Å². The predicted octanol–water partition coefficient (Wildman–Crippen LogP) is 3.99. The van der Waals surface area contributed by atoms with E-state index < -0.39 is 23.2 Å². The van der Waals surface area contributed by atoms with Crippen molar-refractivity contribution in [1.82, 2.24) is 0 Å². The Morgan fingerprint density at radius 3 is 2.48 bits per heavy atom. The molecule has 0 aromatic heterocycles. The summed E-state index contributed by atoms with van der Waals surface area (Å²) in [6, 6.07) is 6.34. The molecule has 2 rings (SSSR count). The second-order valence-corrected chi connectivity index (χ2v) is 4.94. The van der Waals surface area contributed by atoms with Gasteiger partial charge in [-0.1, -0.05) is 11.6 Å². The van der Waals surface area contributed by atoms with Gasteiger partial charge >= 0.3 is 5.97 Å². The minimum absolute atomic E-state index is 0.0489. The van der Waals surface area contributed by atoms with E-state index in [1.807, 2.05) is 0 Å². The Hall–Kier alpha value is -2.34. The molecule has 0 atom stereocenters. The molecule has 0 spiro atoms. The molecule has 2 aromatic carbocycles. The quantitative estimate of drug-likeness (QED) is 0.771. The van der Waals surface area contributed by atoms with Gasteiger partial charge in [0.15, 0.2) is 11.5 Å². The largest absolute Gasteiger partial charge is 0.493 e. The summed E-state index contributed by atoms with van der Waals surface area (Å²) in [5, 5.41) is 0.453. The van der Waals surface area contributed by atoms with E-state index in [4.69, 9.17) is 21.1 Å². The highest BCUT2D eigenvalue weighted by Crippen LogP contribution is 2.31. The number of hydrogen-bond acceptors (Lipinski definition) is 4. The van der Waals surface area contributed by atoms with Crippen molar-refractivity contribution in [2.75, 3.05) is 14.2 Å². The molecule has 0 saturated carbocycles. The average Bonchev–Trinajstić information content (AvgIpc) is 2.55. The van der Waals surface area contributed by atoms with E-state index in [-0.39, 0.29) is 12.2 Å². The summed E-state index contributed by atoms with van der Waals surface area (Å²) in [5.41, 5.74) is -0.523. The Morgan fingerprint density at radius 2 is 1.83 bits per heavy atom. The third-order valence-electron chi connectivity index (χ3n) is 3.05. The van der Waals surface area contributed by atoms with Crippen molar-refractivity contribution in [1.29, 1.82) is 0 Å². The van der Waals surface area contributed by atoms with Gasteiger partial charge in [0.2, 0.25) is 0 Å². The van der Waals surface area contributed by atoms with Gasteiger partial charge in [-0.05, 0) is 24.3 Å². The lowest BCUT2D eigenvalue weighted by atomic mass is 10.1. The van der Waals surface area contributed by atoms with Crippen molar-refractivity contribution in [3.8, 4) is 11.5 Å². The van der Waals surface area contributed by atoms with Crippen LogP contribution in [0, 0.1) is 11.6 Å². The van der Waals surface area contributed by atoms with Crippen LogP contribution >= 0.6 is 11.6 Å². The van der Waals surface area contributed by atoms with E-state index in [1.165, 1.54) is 13.2 Å². The summed E-state index contributed by atoms with van der Waals surface area (Å²) in [4.78, 5) is 11.3. The molecule has 122 valence electrons. The molecule has 0 aliphatic heterocycles. The first-order chi connectivity index (χ1) is 11.0. The maximum atomic E-state index is 14.0. The van der Waals surface area contributed by atoms with Crippen LogP contribution < -0.4 is 9.47 Å². The van der Waals surface area contributed by atoms with Crippen LogP contribution in [0.15, 0.2) is 30.3 Å². The van der Waals surface area contributed by atoms with Crippen LogP contribution in [-0.4, -0.2) is 20.2 Å². The highest BCUT2D eigenvalue weighted by Gasteiger charge is 2.17. The number of hydrogen-bond donors (Lipinski definition) is 0. The van der Waals surface area contributed by atoms with Gasteiger partial charge in [0.05, 0.1) is 19.8 Å². The van der Waals surface area contributed by atoms with Gasteiger partial charge in [0.25, 0.3) is 0 Å². The fourth-order valence-electron chi connectivity index (χ4n) is 1.88. The number of ether oxygens (including phenoxy) is 3. The molecule has 0 saturated heterocycles. The van der Waals surface area contributed by atoms with Gasteiger partial charge in [-0.3, -0.25) is 0 Å². The number of methoxy groups -OCH3 is 2. The van der Waals surface area contributed by atoms with Gasteiger partial charge in [-0.2, -0.15) is 0 Å². The minimum Gasteiger partial charge on any atom is -0.493 e. The van der Waals surface area contributed by atoms with Gasteiger partial charge in [0.1, 0.15) is 18.2 Å². The molecule has 2 aromatic rings. The van der Waals surface area contributed by atoms with Gasteiger partial charge < -0.3 is 14.2 Å². The molecule has 0 fully saturated rings. The molecule has 7 heteroatoms. The Bertz CT molecular complexity index is 734. The van der Waals surface area contributed by atoms with Crippen molar-refractivity contribution in [2.24, 2.45) is 0 Å². The average molecular weight is 343 g/mol. The smallest absolute Gasteiger partial charge is 0.340 e. The summed E-state index contributed by atoms with van der Waals surface area (Å²) in [6.45, 7) is -0.248. The second kappa shape index (κ2) is 7.28. The summed E-state index contributed by atoms with van der Waals surface area (Å²) >= 11 is 5.83. The number of benzene rings is 2. The molecule has 0 N–H and O–H groups in total. The fourth-order valence-corrected chi connectivity index (χ4v) is 2.04. The van der Waals surface area contributed by atoms with Crippen LogP contribution in [0.3, 0.4) is 0 Å². The number of carbonyl (C=O) groups is 1. The Kier molecular flexibility index (Phi) is 5.39. The molecule has 0 radical (unpaired) electrons. The van der Waals surface area contributed by atoms with Crippen LogP contribution in [0.1, 0.15) is 15.9 Å². The van der Waals surface area contributed by atoms with Crippen molar-refractivity contribution in [3.63, 3.8) is 0 Å². The molecule has 0 unspecified atom stereocenters. The third-order valence-corrected chi connectivity index (χ3v) is 3.29. The zero-order chi connectivity index (χ0) is 17.0. The van der Waals surface area contributed by atoms with E-state index in [2.05, 4.69) is 4.74 Å². The van der Waals surface area contributed by atoms with E-state index in [1.54, 1.807) is 12.1 Å². The summed E-state index contributed by atoms with van der Waals surface area (Å²) in [7, 11) is 2.52. The fraction of sp³-hybridized carbons (Fsp3) is 0.188. The first kappa shape index (κ1) is 17.0. The highest BCUT2D eigenvalue weighted by atomic mass is 35.5. The monoisotopic (exact) mass is 342 g/mol. The number of esters is 1. The van der Waals surface area contributed by atoms with E-state index >= 15 is 0 Å². The number of carbonyl (C=O) groups excluding carboxylic acids is 1. The predicted molar refractivity (Wildman–Crippen MR) is 80.0 cm³/mol. The van der Waals surface area contributed by atoms with Crippen LogP contribution in [0.25, 0.3) is 0 Å². The lowest BCUT2D eigenvalue weighted by Crippen LogP contribution is -2.08. The van der Waals surface area contributed by atoms with Crippen LogP contribution in [0.4, 0.5) is 8.78 Å². The number of halogens is 3. The molecule has 4 nitrogen and oxygen atoms in total. The van der Waals surface area contributed by atoms with Crippen molar-refractivity contribution in [3.05, 3.63) is 58.1 Å². The maximum absolute atomic E-state index is 14.0. The summed E-state index contributed by atoms with van der Waals surface area (Å²) in [5.74, 6) is -1.92. The van der Waals surface area contributed by atoms with Crippen molar-refractivity contribution in [2.45, 2.75) is 6.61 Å². The molecule has 0 aliphatic carbocycles. The molecule has 0 bridgehead atoms. The second-order valence-electron chi connectivity index (χ2n) is 4.50. The molecular weight excluding hydrogens is 330 g/mol. The van der Waals surface area contributed by atoms with Crippen LogP contribution in [-0.2, 0) is 11.3 Å². The maximum Gasteiger partial charge on any atom is 0.340 e. The SMILES string of the molecule is COC(=O)c1cc(F)c(COc2ccc(Cl)cc2OC)cc1F. The molecule has 0 amide bonds. The highest BCUT2D eigenvalue weighted by molar-refractivity contribution is 6.30. The van der Waals surface area contributed by atoms with E-state index in [0.717, 1.165) is 19.2 Å². The van der Waals surface area contributed by atoms with E-state index in [9.17, 15) is 13.6 Å². The summed E-state index contributed by atoms with van der Waals surface area (Å²) < 4.78 is 42.7. The van der Waals surface area contributed by atoms with Gasteiger partial charge in [-0.15, -0.1) is 0 Å². The minimum atomic E-state index is -0.951. The van der Waals surface area contributed by atoms with Crippen LogP contribution in [0.5, 0.6) is 11.5 Å². The standard InChI is InChI=1S/C16H13ClF2O4/c1-21-15-6-10(17)3-4-14(15)23-8-9-5-13(19)11(7-12(9)18)16(20)22-2/h3-7H,8H2,1-2H3. The topological polar surface area (TPSA) is 44.8 Å². The lowest BCUT2D eigenvalue weighted by molar-refractivity contribution is 0.0594. The van der Waals surface area contributed by atoms with Crippen molar-refractivity contribution >= 4 is 17.6 Å². The first-order valence-corrected chi connectivity index (χ1v) is 6.86. The normalized spacial score (nSPS) is 10.3. The zero-order valence-corrected chi connectivity index (χ0v) is 13.1. The summed E-state index contributed by atoms with van der Waals surface area (Å²) in [6.07, 6.45) is 0. The zero-order valence-electron chi connectivity index (χ0n) is 12.4. The third kappa shape index (κ3) is 3.90. The first-order valence-electron chi connectivity index (χ1n) is 6.48. The Morgan fingerprint density at radius 1 is 1.09 bits per heavy atom. The molecule has 0 heterocycles. The molecule has 0 aliphatic rings. The van der Waals surface area contributed by atoms with Crippen molar-refractivity contribution < 1.29 is 27.8 Å². The van der Waals surface area contributed by atoms with E-state index in [0.29, 0.717) is 16.5 Å².